The molecule has 0 aliphatic carbocycles. The Hall–Kier alpha value is -1.18. The molecule has 2 heteroatoms. The van der Waals surface area contributed by atoms with E-state index < -0.39 is 0 Å². The highest BCUT2D eigenvalue weighted by molar-refractivity contribution is 5.95. The number of ketones is 1. The molecule has 0 saturated carbocycles. The van der Waals surface area contributed by atoms with Crippen LogP contribution in [-0.4, -0.2) is 10.8 Å². The fraction of sp³-hybridized carbons (Fsp3) is 0.400. The summed E-state index contributed by atoms with van der Waals surface area (Å²) in [7, 11) is 0. The number of hydrogen-bond acceptors (Lipinski definition) is 2. The van der Waals surface area contributed by atoms with Gasteiger partial charge in [0.05, 0.1) is 5.69 Å². The maximum atomic E-state index is 11.1. The van der Waals surface area contributed by atoms with E-state index in [9.17, 15) is 4.79 Å². The lowest BCUT2D eigenvalue weighted by atomic mass is 10.1. The Labute approximate surface area is 72.6 Å². The van der Waals surface area contributed by atoms with Crippen LogP contribution in [0.4, 0.5) is 0 Å². The largest absolute Gasteiger partial charge is 0.294 e. The molecule has 1 rings (SSSR count). The number of nitrogens with zero attached hydrogens (tertiary/aromatic N) is 1. The predicted molar refractivity (Wildman–Crippen MR) is 48.4 cm³/mol. The molecule has 0 spiro atoms. The second-order valence-electron chi connectivity index (χ2n) is 2.86. The van der Waals surface area contributed by atoms with Gasteiger partial charge in [-0.25, -0.2) is 0 Å². The minimum absolute atomic E-state index is 0.0966. The van der Waals surface area contributed by atoms with Gasteiger partial charge in [-0.2, -0.15) is 0 Å². The fourth-order valence-corrected chi connectivity index (χ4v) is 1.20. The zero-order chi connectivity index (χ0) is 9.14. The summed E-state index contributed by atoms with van der Waals surface area (Å²) in [4.78, 5) is 15.4. The van der Waals surface area contributed by atoms with Crippen LogP contribution < -0.4 is 0 Å². The van der Waals surface area contributed by atoms with Gasteiger partial charge in [0.15, 0.2) is 5.78 Å². The number of aryl methyl sites for hydroxylation is 2. The average molecular weight is 163 g/mol. The highest BCUT2D eigenvalue weighted by Gasteiger charge is 2.05. The van der Waals surface area contributed by atoms with Gasteiger partial charge in [-0.1, -0.05) is 6.92 Å². The molecule has 0 bridgehead atoms. The van der Waals surface area contributed by atoms with Gasteiger partial charge in [0.2, 0.25) is 0 Å². The standard InChI is InChI=1S/C10H13NO/c1-4-10-9(8(3)12)6-5-7(2)11-10/h5-6H,4H2,1-3H3. The first-order valence-electron chi connectivity index (χ1n) is 4.12. The topological polar surface area (TPSA) is 30.0 Å². The van der Waals surface area contributed by atoms with E-state index in [0.717, 1.165) is 23.4 Å². The Bertz CT molecular complexity index is 305. The van der Waals surface area contributed by atoms with Gasteiger partial charge in [-0.3, -0.25) is 9.78 Å². The highest BCUT2D eigenvalue weighted by Crippen LogP contribution is 2.08. The van der Waals surface area contributed by atoms with E-state index in [1.54, 1.807) is 6.92 Å². The quantitative estimate of drug-likeness (QED) is 0.625. The molecule has 1 heterocycles. The molecular weight excluding hydrogens is 150 g/mol. The van der Waals surface area contributed by atoms with Crippen molar-refractivity contribution in [1.82, 2.24) is 4.98 Å². The number of carbonyl (C=O) groups excluding carboxylic acids is 1. The first kappa shape index (κ1) is 8.91. The molecule has 12 heavy (non-hydrogen) atoms. The van der Waals surface area contributed by atoms with Crippen LogP contribution in [0.25, 0.3) is 0 Å². The van der Waals surface area contributed by atoms with E-state index in [4.69, 9.17) is 0 Å². The summed E-state index contributed by atoms with van der Waals surface area (Å²) < 4.78 is 0. The lowest BCUT2D eigenvalue weighted by molar-refractivity contribution is 0.101. The maximum Gasteiger partial charge on any atom is 0.161 e. The fourth-order valence-electron chi connectivity index (χ4n) is 1.20. The molecular formula is C10H13NO. The zero-order valence-corrected chi connectivity index (χ0v) is 7.72. The van der Waals surface area contributed by atoms with Crippen molar-refractivity contribution in [2.24, 2.45) is 0 Å². The maximum absolute atomic E-state index is 11.1. The lowest BCUT2D eigenvalue weighted by Crippen LogP contribution is -2.02. The Balaban J connectivity index is 3.20. The van der Waals surface area contributed by atoms with Gasteiger partial charge >= 0.3 is 0 Å². The highest BCUT2D eigenvalue weighted by atomic mass is 16.1. The number of Topliss-reactive ketones (excluding diaryl/α,β-unsaturated/α-hetero) is 1. The molecule has 0 aromatic carbocycles. The second-order valence-corrected chi connectivity index (χ2v) is 2.86. The third-order valence-electron chi connectivity index (χ3n) is 1.83. The minimum Gasteiger partial charge on any atom is -0.294 e. The summed E-state index contributed by atoms with van der Waals surface area (Å²) in [6.07, 6.45) is 0.816. The molecule has 0 N–H and O–H groups in total. The molecule has 2 nitrogen and oxygen atoms in total. The van der Waals surface area contributed by atoms with Crippen LogP contribution in [0.5, 0.6) is 0 Å². The van der Waals surface area contributed by atoms with Crippen LogP contribution in [-0.2, 0) is 6.42 Å². The van der Waals surface area contributed by atoms with Gasteiger partial charge in [0.1, 0.15) is 0 Å². The molecule has 0 aliphatic rings. The molecule has 0 amide bonds. The van der Waals surface area contributed by atoms with Crippen LogP contribution in [0.2, 0.25) is 0 Å². The number of rotatable bonds is 2. The summed E-state index contributed by atoms with van der Waals surface area (Å²) in [5, 5.41) is 0. The first-order chi connectivity index (χ1) is 5.65. The van der Waals surface area contributed by atoms with Crippen LogP contribution in [0.1, 0.15) is 35.6 Å². The van der Waals surface area contributed by atoms with E-state index in [1.807, 2.05) is 26.0 Å². The van der Waals surface area contributed by atoms with Crippen molar-refractivity contribution in [1.29, 1.82) is 0 Å². The zero-order valence-electron chi connectivity index (χ0n) is 7.72. The van der Waals surface area contributed by atoms with E-state index in [0.29, 0.717) is 0 Å². The van der Waals surface area contributed by atoms with Crippen LogP contribution in [0, 0.1) is 6.92 Å². The first-order valence-corrected chi connectivity index (χ1v) is 4.12. The molecule has 0 saturated heterocycles. The van der Waals surface area contributed by atoms with E-state index in [2.05, 4.69) is 4.98 Å². The molecule has 0 atom stereocenters. The van der Waals surface area contributed by atoms with Crippen molar-refractivity contribution >= 4 is 5.78 Å². The summed E-state index contributed by atoms with van der Waals surface area (Å²) >= 11 is 0. The number of carbonyl (C=O) groups is 1. The Kier molecular flexibility index (Phi) is 2.58. The monoisotopic (exact) mass is 163 g/mol. The summed E-state index contributed by atoms with van der Waals surface area (Å²) in [5.41, 5.74) is 2.63. The second kappa shape index (κ2) is 3.48. The number of pyridine rings is 1. The Morgan fingerprint density at radius 2 is 2.17 bits per heavy atom. The van der Waals surface area contributed by atoms with Crippen molar-refractivity contribution in [3.05, 3.63) is 29.1 Å². The van der Waals surface area contributed by atoms with Crippen molar-refractivity contribution in [3.8, 4) is 0 Å². The van der Waals surface area contributed by atoms with Crippen molar-refractivity contribution < 1.29 is 4.79 Å². The number of aromatic nitrogens is 1. The van der Waals surface area contributed by atoms with E-state index >= 15 is 0 Å². The third-order valence-corrected chi connectivity index (χ3v) is 1.83. The van der Waals surface area contributed by atoms with Gasteiger partial charge in [-0.05, 0) is 32.4 Å². The summed E-state index contributed by atoms with van der Waals surface area (Å²) in [6, 6.07) is 3.72. The molecule has 0 unspecified atom stereocenters. The van der Waals surface area contributed by atoms with Crippen molar-refractivity contribution in [2.75, 3.05) is 0 Å². The van der Waals surface area contributed by atoms with Gasteiger partial charge in [0, 0.05) is 11.3 Å². The molecule has 0 radical (unpaired) electrons. The third kappa shape index (κ3) is 1.70. The Morgan fingerprint density at radius 3 is 2.67 bits per heavy atom. The van der Waals surface area contributed by atoms with E-state index in [1.165, 1.54) is 0 Å². The Morgan fingerprint density at radius 1 is 1.50 bits per heavy atom. The molecule has 0 aliphatic heterocycles. The van der Waals surface area contributed by atoms with Crippen LogP contribution >= 0.6 is 0 Å². The van der Waals surface area contributed by atoms with Crippen molar-refractivity contribution in [2.45, 2.75) is 27.2 Å². The normalized spacial score (nSPS) is 9.92. The minimum atomic E-state index is 0.0966. The van der Waals surface area contributed by atoms with Gasteiger partial charge in [-0.15, -0.1) is 0 Å². The average Bonchev–Trinajstić information content (AvgIpc) is 2.03. The van der Waals surface area contributed by atoms with Gasteiger partial charge < -0.3 is 0 Å². The molecule has 64 valence electrons. The SMILES string of the molecule is CCc1nc(C)ccc1C(C)=O. The molecule has 1 aromatic rings. The summed E-state index contributed by atoms with van der Waals surface area (Å²) in [5.74, 6) is 0.0966. The summed E-state index contributed by atoms with van der Waals surface area (Å²) in [6.45, 7) is 5.52. The lowest BCUT2D eigenvalue weighted by Gasteiger charge is -2.03. The van der Waals surface area contributed by atoms with Crippen LogP contribution in [0.3, 0.4) is 0 Å². The smallest absolute Gasteiger partial charge is 0.161 e. The number of hydrogen-bond donors (Lipinski definition) is 0. The van der Waals surface area contributed by atoms with Crippen molar-refractivity contribution in [3.63, 3.8) is 0 Å². The molecule has 0 fully saturated rings. The van der Waals surface area contributed by atoms with Gasteiger partial charge in [0.25, 0.3) is 0 Å². The molecule has 1 aromatic heterocycles. The predicted octanol–water partition coefficient (Wildman–Crippen LogP) is 2.16. The van der Waals surface area contributed by atoms with Crippen LogP contribution in [0.15, 0.2) is 12.1 Å². The van der Waals surface area contributed by atoms with E-state index in [-0.39, 0.29) is 5.78 Å².